The summed E-state index contributed by atoms with van der Waals surface area (Å²) in [5, 5.41) is 9.40. The third-order valence-electron chi connectivity index (χ3n) is 3.69. The quantitative estimate of drug-likeness (QED) is 0.809. The van der Waals surface area contributed by atoms with Crippen LogP contribution in [0, 0.1) is 6.92 Å². The maximum absolute atomic E-state index is 14.0. The van der Waals surface area contributed by atoms with E-state index in [2.05, 4.69) is 0 Å². The zero-order valence-electron chi connectivity index (χ0n) is 13.9. The standard InChI is InChI=1S/C15H18F4N2O3S/c1-8-9(6-22)25-12-10(8)11(23)21(7-14(2,3)16)13(24)20(12)5-4-15(17,18)19/h22H,4-7H2,1-3H3. The fourth-order valence-corrected chi connectivity index (χ4v) is 3.72. The number of halogens is 4. The Balaban J connectivity index is 2.80. The Morgan fingerprint density at radius 3 is 2.20 bits per heavy atom. The predicted octanol–water partition coefficient (Wildman–Crippen LogP) is 2.73. The van der Waals surface area contributed by atoms with E-state index in [9.17, 15) is 32.3 Å². The van der Waals surface area contributed by atoms with Gasteiger partial charge in [-0.15, -0.1) is 11.3 Å². The van der Waals surface area contributed by atoms with Crippen molar-refractivity contribution in [1.29, 1.82) is 0 Å². The average molecular weight is 382 g/mol. The first-order valence-corrected chi connectivity index (χ1v) is 8.29. The molecule has 2 aromatic heterocycles. The molecule has 25 heavy (non-hydrogen) atoms. The summed E-state index contributed by atoms with van der Waals surface area (Å²) in [5.41, 5.74) is -3.26. The third-order valence-corrected chi connectivity index (χ3v) is 4.99. The van der Waals surface area contributed by atoms with Gasteiger partial charge in [-0.25, -0.2) is 9.18 Å². The van der Waals surface area contributed by atoms with E-state index < -0.39 is 49.2 Å². The van der Waals surface area contributed by atoms with E-state index in [1.54, 1.807) is 0 Å². The third kappa shape index (κ3) is 4.12. The Kier molecular flexibility index (Phi) is 5.16. The lowest BCUT2D eigenvalue weighted by molar-refractivity contribution is -0.136. The van der Waals surface area contributed by atoms with Crippen LogP contribution >= 0.6 is 11.3 Å². The van der Waals surface area contributed by atoms with E-state index in [0.29, 0.717) is 15.0 Å². The number of aryl methyl sites for hydroxylation is 2. The van der Waals surface area contributed by atoms with E-state index in [1.165, 1.54) is 20.8 Å². The molecular weight excluding hydrogens is 364 g/mol. The molecule has 0 saturated carbocycles. The Hall–Kier alpha value is -1.68. The van der Waals surface area contributed by atoms with Gasteiger partial charge in [0.1, 0.15) is 10.5 Å². The summed E-state index contributed by atoms with van der Waals surface area (Å²) in [5.74, 6) is 0. The summed E-state index contributed by atoms with van der Waals surface area (Å²) in [6.07, 6.45) is -5.75. The second-order valence-corrected chi connectivity index (χ2v) is 7.48. The lowest BCUT2D eigenvalue weighted by atomic mass is 10.1. The Labute approximate surface area is 144 Å². The summed E-state index contributed by atoms with van der Waals surface area (Å²) >= 11 is 0.895. The number of aliphatic hydroxyl groups excluding tert-OH is 1. The van der Waals surface area contributed by atoms with Crippen LogP contribution in [0.2, 0.25) is 0 Å². The second kappa shape index (κ2) is 6.56. The SMILES string of the molecule is Cc1c(CO)sc2c1c(=O)n(CC(C)(C)F)c(=O)n2CCC(F)(F)F. The van der Waals surface area contributed by atoms with Crippen LogP contribution in [0.4, 0.5) is 17.6 Å². The van der Waals surface area contributed by atoms with Crippen LogP contribution in [0.5, 0.6) is 0 Å². The fraction of sp³-hybridized carbons (Fsp3) is 0.600. The molecule has 0 aliphatic rings. The molecule has 2 rings (SSSR count). The van der Waals surface area contributed by atoms with Gasteiger partial charge in [-0.05, 0) is 26.3 Å². The van der Waals surface area contributed by atoms with Crippen LogP contribution in [-0.4, -0.2) is 26.1 Å². The smallest absolute Gasteiger partial charge is 0.390 e. The van der Waals surface area contributed by atoms with Crippen LogP contribution in [-0.2, 0) is 19.7 Å². The highest BCUT2D eigenvalue weighted by atomic mass is 32.1. The zero-order valence-corrected chi connectivity index (χ0v) is 14.7. The zero-order chi connectivity index (χ0) is 19.2. The molecule has 1 N–H and O–H groups in total. The summed E-state index contributed by atoms with van der Waals surface area (Å²) in [4.78, 5) is 25.6. The number of aliphatic hydroxyl groups is 1. The Morgan fingerprint density at radius 2 is 1.72 bits per heavy atom. The highest BCUT2D eigenvalue weighted by Crippen LogP contribution is 2.29. The summed E-state index contributed by atoms with van der Waals surface area (Å²) in [6, 6.07) is 0. The Bertz CT molecular complexity index is 903. The van der Waals surface area contributed by atoms with Crippen molar-refractivity contribution in [3.05, 3.63) is 31.3 Å². The molecule has 0 bridgehead atoms. The van der Waals surface area contributed by atoms with Gasteiger partial charge in [-0.2, -0.15) is 13.2 Å². The summed E-state index contributed by atoms with van der Waals surface area (Å²) < 4.78 is 53.2. The number of fused-ring (bicyclic) bond motifs is 1. The lowest BCUT2D eigenvalue weighted by Crippen LogP contribution is -2.43. The number of hydrogen-bond donors (Lipinski definition) is 1. The first-order valence-electron chi connectivity index (χ1n) is 7.48. The molecule has 0 unspecified atom stereocenters. The van der Waals surface area contributed by atoms with Crippen molar-refractivity contribution in [3.8, 4) is 0 Å². The second-order valence-electron chi connectivity index (χ2n) is 6.40. The minimum atomic E-state index is -4.49. The van der Waals surface area contributed by atoms with Gasteiger partial charge >= 0.3 is 11.9 Å². The first kappa shape index (κ1) is 19.6. The monoisotopic (exact) mass is 382 g/mol. The molecular formula is C15H18F4N2O3S. The van der Waals surface area contributed by atoms with Gasteiger partial charge in [0.15, 0.2) is 0 Å². The van der Waals surface area contributed by atoms with Crippen molar-refractivity contribution in [2.45, 2.75) is 58.7 Å². The number of thiophene rings is 1. The van der Waals surface area contributed by atoms with Crippen LogP contribution in [0.1, 0.15) is 30.7 Å². The van der Waals surface area contributed by atoms with E-state index in [4.69, 9.17) is 0 Å². The van der Waals surface area contributed by atoms with Gasteiger partial charge in [0.2, 0.25) is 0 Å². The molecule has 2 aromatic rings. The van der Waals surface area contributed by atoms with Gasteiger partial charge in [0, 0.05) is 11.4 Å². The fourth-order valence-electron chi connectivity index (χ4n) is 2.54. The molecule has 0 amide bonds. The van der Waals surface area contributed by atoms with Crippen molar-refractivity contribution >= 4 is 21.6 Å². The molecule has 0 atom stereocenters. The molecule has 2 heterocycles. The van der Waals surface area contributed by atoms with Crippen molar-refractivity contribution in [2.24, 2.45) is 0 Å². The minimum Gasteiger partial charge on any atom is -0.391 e. The molecule has 0 saturated heterocycles. The molecule has 140 valence electrons. The van der Waals surface area contributed by atoms with Crippen molar-refractivity contribution in [1.82, 2.24) is 9.13 Å². The van der Waals surface area contributed by atoms with Crippen LogP contribution in [0.15, 0.2) is 9.59 Å². The highest BCUT2D eigenvalue weighted by molar-refractivity contribution is 7.18. The maximum atomic E-state index is 14.0. The molecule has 10 heteroatoms. The van der Waals surface area contributed by atoms with Gasteiger partial charge in [0.25, 0.3) is 5.56 Å². The first-order chi connectivity index (χ1) is 11.4. The number of alkyl halides is 4. The van der Waals surface area contributed by atoms with Gasteiger partial charge in [-0.1, -0.05) is 0 Å². The summed E-state index contributed by atoms with van der Waals surface area (Å²) in [7, 11) is 0. The predicted molar refractivity (Wildman–Crippen MR) is 86.9 cm³/mol. The molecule has 0 spiro atoms. The molecule has 0 aliphatic carbocycles. The molecule has 0 aromatic carbocycles. The molecule has 0 aliphatic heterocycles. The van der Waals surface area contributed by atoms with Gasteiger partial charge in [0.05, 0.1) is 25.0 Å². The number of nitrogens with zero attached hydrogens (tertiary/aromatic N) is 2. The number of rotatable bonds is 5. The maximum Gasteiger partial charge on any atom is 0.390 e. The highest BCUT2D eigenvalue weighted by Gasteiger charge is 2.29. The molecule has 0 radical (unpaired) electrons. The van der Waals surface area contributed by atoms with Crippen molar-refractivity contribution < 1.29 is 22.7 Å². The Morgan fingerprint density at radius 1 is 1.12 bits per heavy atom. The van der Waals surface area contributed by atoms with E-state index in [0.717, 1.165) is 15.9 Å². The van der Waals surface area contributed by atoms with Crippen LogP contribution in [0.25, 0.3) is 10.2 Å². The number of aromatic nitrogens is 2. The van der Waals surface area contributed by atoms with E-state index in [-0.39, 0.29) is 10.2 Å². The van der Waals surface area contributed by atoms with E-state index in [1.807, 2.05) is 0 Å². The van der Waals surface area contributed by atoms with E-state index >= 15 is 0 Å². The number of hydrogen-bond acceptors (Lipinski definition) is 4. The van der Waals surface area contributed by atoms with Gasteiger partial charge < -0.3 is 5.11 Å². The minimum absolute atomic E-state index is 0.0417. The average Bonchev–Trinajstić information content (AvgIpc) is 2.78. The van der Waals surface area contributed by atoms with Crippen molar-refractivity contribution in [3.63, 3.8) is 0 Å². The lowest BCUT2D eigenvalue weighted by Gasteiger charge is -2.18. The van der Waals surface area contributed by atoms with Crippen molar-refractivity contribution in [2.75, 3.05) is 0 Å². The topological polar surface area (TPSA) is 64.2 Å². The van der Waals surface area contributed by atoms with Crippen LogP contribution < -0.4 is 11.2 Å². The summed E-state index contributed by atoms with van der Waals surface area (Å²) in [6.45, 7) is 2.21. The largest absolute Gasteiger partial charge is 0.391 e. The molecule has 5 nitrogen and oxygen atoms in total. The molecule has 0 fully saturated rings. The van der Waals surface area contributed by atoms with Crippen LogP contribution in [0.3, 0.4) is 0 Å². The normalized spacial score (nSPS) is 13.0. The van der Waals surface area contributed by atoms with Gasteiger partial charge in [-0.3, -0.25) is 13.9 Å².